The van der Waals surface area contributed by atoms with Gasteiger partial charge in [0.1, 0.15) is 12.4 Å². The molecule has 0 aliphatic carbocycles. The van der Waals surface area contributed by atoms with Crippen LogP contribution in [0.5, 0.6) is 17.2 Å². The topological polar surface area (TPSA) is 39.7 Å². The number of aryl methyl sites for hydroxylation is 1. The van der Waals surface area contributed by atoms with E-state index >= 15 is 0 Å². The van der Waals surface area contributed by atoms with Crippen LogP contribution in [0, 0.1) is 6.92 Å². The first-order valence-electron chi connectivity index (χ1n) is 6.65. The number of nitrogens with one attached hydrogen (secondary N) is 1. The minimum Gasteiger partial charge on any atom is -0.491 e. The number of rotatable bonds is 5. The molecule has 2 aromatic carbocycles. The van der Waals surface area contributed by atoms with Gasteiger partial charge in [0, 0.05) is 18.3 Å². The molecular formula is C16H17NO3. The van der Waals surface area contributed by atoms with Gasteiger partial charge in [-0.25, -0.2) is 0 Å². The normalized spacial score (nSPS) is 12.2. The van der Waals surface area contributed by atoms with Gasteiger partial charge in [0.05, 0.1) is 0 Å². The first kappa shape index (κ1) is 12.7. The van der Waals surface area contributed by atoms with Crippen LogP contribution in [0.1, 0.15) is 5.56 Å². The molecule has 0 unspecified atom stereocenters. The molecule has 2 aromatic rings. The van der Waals surface area contributed by atoms with Gasteiger partial charge in [0.25, 0.3) is 0 Å². The van der Waals surface area contributed by atoms with E-state index in [0.29, 0.717) is 13.4 Å². The van der Waals surface area contributed by atoms with E-state index in [4.69, 9.17) is 14.2 Å². The van der Waals surface area contributed by atoms with Gasteiger partial charge < -0.3 is 19.5 Å². The molecule has 1 aliphatic rings. The average molecular weight is 271 g/mol. The summed E-state index contributed by atoms with van der Waals surface area (Å²) < 4.78 is 16.3. The minimum absolute atomic E-state index is 0.301. The quantitative estimate of drug-likeness (QED) is 0.848. The largest absolute Gasteiger partial charge is 0.491 e. The van der Waals surface area contributed by atoms with Crippen molar-refractivity contribution in [3.8, 4) is 17.2 Å². The molecule has 0 bridgehead atoms. The maximum Gasteiger partial charge on any atom is 0.231 e. The SMILES string of the molecule is Cc1ccccc1OCCNc1ccc2c(c1)OCO2. The Morgan fingerprint density at radius 3 is 2.85 bits per heavy atom. The molecule has 0 atom stereocenters. The van der Waals surface area contributed by atoms with Gasteiger partial charge >= 0.3 is 0 Å². The summed E-state index contributed by atoms with van der Waals surface area (Å²) in [5, 5.41) is 3.30. The summed E-state index contributed by atoms with van der Waals surface area (Å²) in [4.78, 5) is 0. The Morgan fingerprint density at radius 1 is 1.10 bits per heavy atom. The predicted octanol–water partition coefficient (Wildman–Crippen LogP) is 3.21. The lowest BCUT2D eigenvalue weighted by atomic mass is 10.2. The van der Waals surface area contributed by atoms with Crippen molar-refractivity contribution < 1.29 is 14.2 Å². The van der Waals surface area contributed by atoms with Gasteiger partial charge in [0.2, 0.25) is 6.79 Å². The highest BCUT2D eigenvalue weighted by Gasteiger charge is 2.12. The zero-order valence-electron chi connectivity index (χ0n) is 11.4. The van der Waals surface area contributed by atoms with E-state index < -0.39 is 0 Å². The third-order valence-electron chi connectivity index (χ3n) is 3.15. The predicted molar refractivity (Wildman–Crippen MR) is 77.7 cm³/mol. The number of fused-ring (bicyclic) bond motifs is 1. The maximum atomic E-state index is 5.73. The van der Waals surface area contributed by atoms with Crippen molar-refractivity contribution in [3.05, 3.63) is 48.0 Å². The molecule has 4 nitrogen and oxygen atoms in total. The molecule has 104 valence electrons. The van der Waals surface area contributed by atoms with E-state index in [0.717, 1.165) is 35.0 Å². The van der Waals surface area contributed by atoms with E-state index in [1.54, 1.807) is 0 Å². The highest BCUT2D eigenvalue weighted by molar-refractivity contribution is 5.55. The van der Waals surface area contributed by atoms with Gasteiger partial charge in [-0.1, -0.05) is 18.2 Å². The summed E-state index contributed by atoms with van der Waals surface area (Å²) in [6, 6.07) is 13.8. The van der Waals surface area contributed by atoms with Crippen LogP contribution in [0.25, 0.3) is 0 Å². The Hall–Kier alpha value is -2.36. The van der Waals surface area contributed by atoms with Crippen molar-refractivity contribution in [3.63, 3.8) is 0 Å². The van der Waals surface area contributed by atoms with Gasteiger partial charge in [-0.15, -0.1) is 0 Å². The molecule has 4 heteroatoms. The summed E-state index contributed by atoms with van der Waals surface area (Å²) in [6.07, 6.45) is 0. The van der Waals surface area contributed by atoms with E-state index in [-0.39, 0.29) is 0 Å². The van der Waals surface area contributed by atoms with E-state index in [1.807, 2.05) is 49.4 Å². The summed E-state index contributed by atoms with van der Waals surface area (Å²) in [6.45, 7) is 3.68. The van der Waals surface area contributed by atoms with Crippen LogP contribution >= 0.6 is 0 Å². The summed E-state index contributed by atoms with van der Waals surface area (Å²) >= 11 is 0. The second-order valence-electron chi connectivity index (χ2n) is 4.61. The second-order valence-corrected chi connectivity index (χ2v) is 4.61. The van der Waals surface area contributed by atoms with Crippen LogP contribution in [0.15, 0.2) is 42.5 Å². The monoisotopic (exact) mass is 271 g/mol. The zero-order chi connectivity index (χ0) is 13.8. The Kier molecular flexibility index (Phi) is 3.63. The van der Waals surface area contributed by atoms with Crippen molar-refractivity contribution in [2.75, 3.05) is 25.3 Å². The Morgan fingerprint density at radius 2 is 1.95 bits per heavy atom. The molecule has 0 amide bonds. The third-order valence-corrected chi connectivity index (χ3v) is 3.15. The number of para-hydroxylation sites is 1. The number of ether oxygens (including phenoxy) is 3. The van der Waals surface area contributed by atoms with Gasteiger partial charge in [-0.05, 0) is 30.7 Å². The first-order chi connectivity index (χ1) is 9.83. The third kappa shape index (κ3) is 2.79. The van der Waals surface area contributed by atoms with E-state index in [9.17, 15) is 0 Å². The van der Waals surface area contributed by atoms with Gasteiger partial charge in [0.15, 0.2) is 11.5 Å². The molecule has 0 saturated carbocycles. The molecule has 0 spiro atoms. The van der Waals surface area contributed by atoms with Crippen LogP contribution < -0.4 is 19.5 Å². The second kappa shape index (κ2) is 5.74. The van der Waals surface area contributed by atoms with Gasteiger partial charge in [-0.2, -0.15) is 0 Å². The number of hydrogen-bond donors (Lipinski definition) is 1. The summed E-state index contributed by atoms with van der Waals surface area (Å²) in [7, 11) is 0. The Labute approximate surface area is 118 Å². The van der Waals surface area contributed by atoms with Crippen LogP contribution in [0.3, 0.4) is 0 Å². The molecule has 0 fully saturated rings. The van der Waals surface area contributed by atoms with Crippen molar-refractivity contribution in [2.45, 2.75) is 6.92 Å². The van der Waals surface area contributed by atoms with E-state index in [1.165, 1.54) is 0 Å². The van der Waals surface area contributed by atoms with Crippen molar-refractivity contribution >= 4 is 5.69 Å². The van der Waals surface area contributed by atoms with Crippen molar-refractivity contribution in [2.24, 2.45) is 0 Å². The van der Waals surface area contributed by atoms with Crippen LogP contribution in [0.4, 0.5) is 5.69 Å². The molecule has 0 saturated heterocycles. The average Bonchev–Trinajstić information content (AvgIpc) is 2.93. The minimum atomic E-state index is 0.301. The fourth-order valence-electron chi connectivity index (χ4n) is 2.08. The standard InChI is InChI=1S/C16H17NO3/c1-12-4-2-3-5-14(12)18-9-8-17-13-6-7-15-16(10-13)20-11-19-15/h2-7,10,17H,8-9,11H2,1H3. The molecule has 20 heavy (non-hydrogen) atoms. The lowest BCUT2D eigenvalue weighted by molar-refractivity contribution is 0.174. The highest BCUT2D eigenvalue weighted by atomic mass is 16.7. The first-order valence-corrected chi connectivity index (χ1v) is 6.65. The number of hydrogen-bond acceptors (Lipinski definition) is 4. The van der Waals surface area contributed by atoms with Gasteiger partial charge in [-0.3, -0.25) is 0 Å². The molecule has 1 N–H and O–H groups in total. The maximum absolute atomic E-state index is 5.73. The fourth-order valence-corrected chi connectivity index (χ4v) is 2.08. The van der Waals surface area contributed by atoms with Crippen molar-refractivity contribution in [1.82, 2.24) is 0 Å². The lowest BCUT2D eigenvalue weighted by Crippen LogP contribution is -2.11. The Bertz CT molecular complexity index is 598. The number of anilines is 1. The molecule has 1 heterocycles. The lowest BCUT2D eigenvalue weighted by Gasteiger charge is -2.10. The molecule has 1 aliphatic heterocycles. The highest BCUT2D eigenvalue weighted by Crippen LogP contribution is 2.34. The fraction of sp³-hybridized carbons (Fsp3) is 0.250. The Balaban J connectivity index is 1.49. The van der Waals surface area contributed by atoms with E-state index in [2.05, 4.69) is 5.32 Å². The summed E-state index contributed by atoms with van der Waals surface area (Å²) in [5.41, 5.74) is 2.15. The number of benzene rings is 2. The van der Waals surface area contributed by atoms with Crippen LogP contribution in [-0.4, -0.2) is 19.9 Å². The summed E-state index contributed by atoms with van der Waals surface area (Å²) in [5.74, 6) is 2.52. The molecule has 0 aromatic heterocycles. The van der Waals surface area contributed by atoms with Crippen LogP contribution in [-0.2, 0) is 0 Å². The zero-order valence-corrected chi connectivity index (χ0v) is 11.4. The smallest absolute Gasteiger partial charge is 0.231 e. The van der Waals surface area contributed by atoms with Crippen LogP contribution in [0.2, 0.25) is 0 Å². The molecular weight excluding hydrogens is 254 g/mol. The van der Waals surface area contributed by atoms with Crippen molar-refractivity contribution in [1.29, 1.82) is 0 Å². The molecule has 0 radical (unpaired) electrons. The molecule has 3 rings (SSSR count).